The number of aliphatic hydroxyl groups is 5. The van der Waals surface area contributed by atoms with Crippen LogP contribution in [0.15, 0.2) is 12.7 Å². The van der Waals surface area contributed by atoms with Gasteiger partial charge in [-0.05, 0) is 65.3 Å². The molecule has 10 heterocycles. The molecule has 29 heteroatoms. The minimum absolute atomic E-state index is 0.0120. The fourth-order valence-corrected chi connectivity index (χ4v) is 9.12. The Labute approximate surface area is 388 Å². The monoisotopic (exact) mass is 946 g/mol. The fourth-order valence-electron chi connectivity index (χ4n) is 9.12. The van der Waals surface area contributed by atoms with Crippen molar-refractivity contribution in [1.82, 2.24) is 89.3 Å². The quantitative estimate of drug-likeness (QED) is 0.0513. The minimum atomic E-state index is -1.39. The Morgan fingerprint density at radius 2 is 1.07 bits per heavy atom. The summed E-state index contributed by atoms with van der Waals surface area (Å²) in [5, 5.41) is 87.5. The van der Waals surface area contributed by atoms with Gasteiger partial charge in [0.25, 0.3) is 0 Å². The predicted molar refractivity (Wildman–Crippen MR) is 239 cm³/mol. The zero-order valence-electron chi connectivity index (χ0n) is 38.6. The first kappa shape index (κ1) is 45.8. The number of aliphatic hydroxyl groups excluding tert-OH is 5. The summed E-state index contributed by atoms with van der Waals surface area (Å²) < 4.78 is 15.5. The standard InChI is InChI=1S/C39H58N22O7/c1-7-60-50-32(48-52-60)28-24(63)26(65)36(67-28)58-17-42-22-30(44-38(46-34(22)58)56-11-9-19(15-56)54(3)4)40-13-21(62)14-41-31-23-35(47-39(45-31)57-12-10-20(16-57)55(5)6)59(18-43-23)37-27(66)25(64)29(68-37)33-49-53-61(8-2)51-33/h17-21,24-29,36-37,62-66H,7-16H2,1-6H3,(H,40,44,46)(H,41,45,47)/t19-,20-,24+,25+,26-,27-,28+,29+,36-,37-/m1/s1. The van der Waals surface area contributed by atoms with E-state index in [1.807, 2.05) is 42.0 Å². The number of fused-ring (bicyclic) bond motifs is 2. The molecule has 0 amide bonds. The largest absolute Gasteiger partial charge is 0.389 e. The van der Waals surface area contributed by atoms with Crippen molar-refractivity contribution in [3.63, 3.8) is 0 Å². The Balaban J connectivity index is 0.907. The molecule has 68 heavy (non-hydrogen) atoms. The minimum Gasteiger partial charge on any atom is -0.389 e. The van der Waals surface area contributed by atoms with Crippen molar-refractivity contribution in [1.29, 1.82) is 0 Å². The lowest BCUT2D eigenvalue weighted by atomic mass is 10.1. The highest BCUT2D eigenvalue weighted by molar-refractivity contribution is 5.85. The second kappa shape index (κ2) is 18.5. The topological polar surface area (TPSA) is 331 Å². The van der Waals surface area contributed by atoms with E-state index in [1.165, 1.54) is 22.2 Å². The SMILES string of the molecule is CCn1nnc([C@H]2O[C@@H](n3cnc4c(NCC(O)CNc5nc(N6CC[C@@H](N(C)C)C6)nc6c5ncn6[C@@H]5O[C@H](c6nnn(CC)n6)[C@@H](O)[C@H]5O)nc(N5CC[C@@H](N(C)C)C5)nc43)[C@H](O)[C@@H]2O)n1. The lowest BCUT2D eigenvalue weighted by Gasteiger charge is -2.22. The summed E-state index contributed by atoms with van der Waals surface area (Å²) in [5.41, 5.74) is 1.38. The number of rotatable bonds is 16. The molecular formula is C39H58N22O7. The van der Waals surface area contributed by atoms with Crippen molar-refractivity contribution in [2.45, 2.75) is 107 Å². The lowest BCUT2D eigenvalue weighted by molar-refractivity contribution is -0.0384. The molecule has 10 rings (SSSR count). The smallest absolute Gasteiger partial charge is 0.229 e. The molecule has 7 N–H and O–H groups in total. The molecule has 6 aromatic heterocycles. The Kier molecular flexibility index (Phi) is 12.5. The molecule has 0 aromatic carbocycles. The lowest BCUT2D eigenvalue weighted by Crippen LogP contribution is -2.33. The van der Waals surface area contributed by atoms with Crippen molar-refractivity contribution in [2.24, 2.45) is 0 Å². The summed E-state index contributed by atoms with van der Waals surface area (Å²) in [6, 6.07) is 0.544. The number of hydrogen-bond acceptors (Lipinski definition) is 25. The maximum atomic E-state index is 11.6. The van der Waals surface area contributed by atoms with Crippen molar-refractivity contribution in [3.8, 4) is 0 Å². The fraction of sp³-hybridized carbons (Fsp3) is 0.692. The molecule has 29 nitrogen and oxygen atoms in total. The molecule has 0 bridgehead atoms. The molecule has 4 fully saturated rings. The number of ether oxygens (including phenoxy) is 2. The highest BCUT2D eigenvalue weighted by Gasteiger charge is 2.49. The van der Waals surface area contributed by atoms with Crippen molar-refractivity contribution in [2.75, 3.05) is 87.9 Å². The van der Waals surface area contributed by atoms with Crippen LogP contribution >= 0.6 is 0 Å². The third-order valence-corrected chi connectivity index (χ3v) is 13.2. The zero-order chi connectivity index (χ0) is 47.5. The van der Waals surface area contributed by atoms with Gasteiger partial charge in [0.15, 0.2) is 58.6 Å². The zero-order valence-corrected chi connectivity index (χ0v) is 38.6. The summed E-state index contributed by atoms with van der Waals surface area (Å²) in [6.45, 7) is 7.40. The molecule has 0 unspecified atom stereocenters. The van der Waals surface area contributed by atoms with E-state index in [0.717, 1.165) is 12.8 Å². The number of tetrazole rings is 2. The van der Waals surface area contributed by atoms with Gasteiger partial charge in [0.2, 0.25) is 23.5 Å². The number of likely N-dealkylation sites (N-methyl/N-ethyl adjacent to an activating group) is 2. The highest BCUT2D eigenvalue weighted by atomic mass is 16.6. The van der Waals surface area contributed by atoms with Crippen LogP contribution in [-0.4, -0.2) is 225 Å². The highest BCUT2D eigenvalue weighted by Crippen LogP contribution is 2.41. The Morgan fingerprint density at radius 3 is 1.44 bits per heavy atom. The first-order valence-electron chi connectivity index (χ1n) is 22.9. The summed E-state index contributed by atoms with van der Waals surface area (Å²) in [7, 11) is 8.13. The number of anilines is 4. The van der Waals surface area contributed by atoms with E-state index in [4.69, 9.17) is 29.4 Å². The van der Waals surface area contributed by atoms with Crippen LogP contribution in [0, 0.1) is 0 Å². The van der Waals surface area contributed by atoms with Gasteiger partial charge in [-0.15, -0.1) is 20.4 Å². The van der Waals surface area contributed by atoms with Crippen LogP contribution in [-0.2, 0) is 22.6 Å². The average molecular weight is 947 g/mol. The van der Waals surface area contributed by atoms with Crippen molar-refractivity contribution in [3.05, 3.63) is 24.3 Å². The number of aromatic nitrogens is 16. The molecule has 0 saturated carbocycles. The third kappa shape index (κ3) is 8.39. The molecule has 10 atom stereocenters. The maximum absolute atomic E-state index is 11.6. The second-order valence-electron chi connectivity index (χ2n) is 18.0. The van der Waals surface area contributed by atoms with Crippen LogP contribution in [0.4, 0.5) is 23.5 Å². The Morgan fingerprint density at radius 1 is 0.647 bits per heavy atom. The van der Waals surface area contributed by atoms with E-state index in [0.29, 0.717) is 85.1 Å². The van der Waals surface area contributed by atoms with Crippen LogP contribution < -0.4 is 20.4 Å². The van der Waals surface area contributed by atoms with Gasteiger partial charge >= 0.3 is 0 Å². The molecule has 0 aliphatic carbocycles. The van der Waals surface area contributed by atoms with Crippen molar-refractivity contribution < 1.29 is 35.0 Å². The van der Waals surface area contributed by atoms with Gasteiger partial charge in [-0.25, -0.2) is 9.97 Å². The molecule has 4 aliphatic heterocycles. The van der Waals surface area contributed by atoms with Crippen molar-refractivity contribution >= 4 is 45.9 Å². The summed E-state index contributed by atoms with van der Waals surface area (Å²) in [4.78, 5) is 40.1. The number of nitrogens with zero attached hydrogens (tertiary/aromatic N) is 20. The first-order chi connectivity index (χ1) is 32.8. The van der Waals surface area contributed by atoms with Crippen LogP contribution in [0.2, 0.25) is 0 Å². The number of hydrogen-bond donors (Lipinski definition) is 7. The normalized spacial score (nSPS) is 28.1. The van der Waals surface area contributed by atoms with E-state index in [-0.39, 0.29) is 36.8 Å². The van der Waals surface area contributed by atoms with Gasteiger partial charge in [-0.2, -0.15) is 29.5 Å². The molecule has 4 aliphatic rings. The van der Waals surface area contributed by atoms with Crippen LogP contribution in [0.25, 0.3) is 22.3 Å². The molecule has 6 aromatic rings. The average Bonchev–Trinajstić information content (AvgIpc) is 4.19. The van der Waals surface area contributed by atoms with Crippen LogP contribution in [0.3, 0.4) is 0 Å². The molecule has 4 saturated heterocycles. The molecule has 0 radical (unpaired) electrons. The molecule has 0 spiro atoms. The number of imidazole rings is 2. The maximum Gasteiger partial charge on any atom is 0.229 e. The molecule has 366 valence electrons. The summed E-state index contributed by atoms with van der Waals surface area (Å²) >= 11 is 0. The van der Waals surface area contributed by atoms with E-state index in [2.05, 4.69) is 71.0 Å². The molecular weight excluding hydrogens is 889 g/mol. The van der Waals surface area contributed by atoms with Gasteiger partial charge in [-0.1, -0.05) is 0 Å². The van der Waals surface area contributed by atoms with E-state index < -0.39 is 55.2 Å². The summed E-state index contributed by atoms with van der Waals surface area (Å²) in [6.07, 6.45) is -6.09. The van der Waals surface area contributed by atoms with Gasteiger partial charge in [-0.3, -0.25) is 9.13 Å². The number of nitrogens with one attached hydrogen (secondary N) is 2. The third-order valence-electron chi connectivity index (χ3n) is 13.2. The van der Waals surface area contributed by atoms with Gasteiger partial charge < -0.3 is 65.2 Å². The van der Waals surface area contributed by atoms with Gasteiger partial charge in [0.1, 0.15) is 24.4 Å². The van der Waals surface area contributed by atoms with E-state index in [9.17, 15) is 25.5 Å². The predicted octanol–water partition coefficient (Wildman–Crippen LogP) is -2.87. The Bertz CT molecular complexity index is 2530. The van der Waals surface area contributed by atoms with Crippen LogP contribution in [0.5, 0.6) is 0 Å². The number of aryl methyl sites for hydroxylation is 2. The van der Waals surface area contributed by atoms with Crippen LogP contribution in [0.1, 0.15) is 63.0 Å². The van der Waals surface area contributed by atoms with E-state index >= 15 is 0 Å². The second-order valence-corrected chi connectivity index (χ2v) is 18.0. The van der Waals surface area contributed by atoms with Gasteiger partial charge in [0.05, 0.1) is 31.8 Å². The first-order valence-corrected chi connectivity index (χ1v) is 22.9. The summed E-state index contributed by atoms with van der Waals surface area (Å²) in [5.74, 6) is 1.79. The Hall–Kier alpha value is -5.92. The van der Waals surface area contributed by atoms with Gasteiger partial charge in [0, 0.05) is 51.4 Å². The van der Waals surface area contributed by atoms with E-state index in [1.54, 1.807) is 9.13 Å².